The molecule has 3 heterocycles. The summed E-state index contributed by atoms with van der Waals surface area (Å²) in [6.07, 6.45) is 8.46. The second-order valence-electron chi connectivity index (χ2n) is 6.11. The minimum atomic E-state index is 0.193. The van der Waals surface area contributed by atoms with Crippen LogP contribution in [0, 0.1) is 13.8 Å². The van der Waals surface area contributed by atoms with E-state index in [9.17, 15) is 4.79 Å². The van der Waals surface area contributed by atoms with Crippen LogP contribution >= 0.6 is 0 Å². The monoisotopic (exact) mass is 314 g/mol. The molecule has 6 heteroatoms. The number of carbonyl (C=O) groups is 1. The number of aryl methyl sites for hydroxylation is 2. The summed E-state index contributed by atoms with van der Waals surface area (Å²) in [5.74, 6) is 1.30. The second-order valence-corrected chi connectivity index (χ2v) is 6.11. The van der Waals surface area contributed by atoms with Gasteiger partial charge in [-0.05, 0) is 33.1 Å². The number of nitrogens with zero attached hydrogens (tertiary/aromatic N) is 4. The van der Waals surface area contributed by atoms with Crippen LogP contribution in [0.2, 0.25) is 0 Å². The highest BCUT2D eigenvalue weighted by Gasteiger charge is 2.25. The average molecular weight is 314 g/mol. The third kappa shape index (κ3) is 3.57. The summed E-state index contributed by atoms with van der Waals surface area (Å²) in [6.45, 7) is 5.38. The number of rotatable bonds is 4. The van der Waals surface area contributed by atoms with E-state index in [0.29, 0.717) is 18.8 Å². The van der Waals surface area contributed by atoms with Crippen molar-refractivity contribution >= 4 is 5.91 Å². The van der Waals surface area contributed by atoms with Gasteiger partial charge in [0.15, 0.2) is 0 Å². The van der Waals surface area contributed by atoms with Crippen molar-refractivity contribution in [2.45, 2.75) is 45.4 Å². The number of piperidine rings is 1. The van der Waals surface area contributed by atoms with E-state index < -0.39 is 0 Å². The third-order valence-corrected chi connectivity index (χ3v) is 4.55. The van der Waals surface area contributed by atoms with E-state index in [2.05, 4.69) is 15.1 Å². The molecule has 0 aliphatic carbocycles. The van der Waals surface area contributed by atoms with E-state index in [-0.39, 0.29) is 5.91 Å². The molecule has 0 bridgehead atoms. The molecular formula is C17H22N4O2. The Morgan fingerprint density at radius 1 is 1.39 bits per heavy atom. The van der Waals surface area contributed by atoms with Gasteiger partial charge in [-0.3, -0.25) is 14.8 Å². The average Bonchev–Trinajstić information content (AvgIpc) is 2.92. The minimum absolute atomic E-state index is 0.193. The lowest BCUT2D eigenvalue weighted by atomic mass is 9.94. The van der Waals surface area contributed by atoms with Gasteiger partial charge in [0.05, 0.1) is 11.4 Å². The Kier molecular flexibility index (Phi) is 4.69. The Hall–Kier alpha value is -2.24. The zero-order valence-corrected chi connectivity index (χ0v) is 13.7. The van der Waals surface area contributed by atoms with Gasteiger partial charge in [0.25, 0.3) is 0 Å². The Balaban J connectivity index is 1.59. The normalized spacial score (nSPS) is 18.2. The van der Waals surface area contributed by atoms with E-state index >= 15 is 0 Å². The van der Waals surface area contributed by atoms with Crippen LogP contribution in [0.3, 0.4) is 0 Å². The number of carbonyl (C=O) groups excluding carboxylic acids is 1. The molecule has 122 valence electrons. The van der Waals surface area contributed by atoms with Crippen molar-refractivity contribution in [2.75, 3.05) is 13.1 Å². The molecule has 0 N–H and O–H groups in total. The van der Waals surface area contributed by atoms with Crippen LogP contribution in [-0.4, -0.2) is 39.0 Å². The van der Waals surface area contributed by atoms with Crippen molar-refractivity contribution in [3.63, 3.8) is 0 Å². The summed E-state index contributed by atoms with van der Waals surface area (Å²) in [6, 6.07) is 0. The molecule has 2 aromatic heterocycles. The Bertz CT molecular complexity index is 649. The van der Waals surface area contributed by atoms with Gasteiger partial charge < -0.3 is 9.42 Å². The number of hydrogen-bond donors (Lipinski definition) is 0. The highest BCUT2D eigenvalue weighted by molar-refractivity contribution is 5.76. The fourth-order valence-corrected chi connectivity index (χ4v) is 3.22. The first-order chi connectivity index (χ1) is 11.1. The van der Waals surface area contributed by atoms with E-state index in [1.807, 2.05) is 24.9 Å². The molecular weight excluding hydrogens is 292 g/mol. The van der Waals surface area contributed by atoms with E-state index in [1.165, 1.54) is 0 Å². The summed E-state index contributed by atoms with van der Waals surface area (Å²) in [7, 11) is 0. The Labute approximate surface area is 135 Å². The maximum absolute atomic E-state index is 12.5. The Morgan fingerprint density at radius 2 is 2.26 bits per heavy atom. The summed E-state index contributed by atoms with van der Waals surface area (Å²) < 4.78 is 5.16. The molecule has 3 rings (SSSR count). The zero-order chi connectivity index (χ0) is 16.2. The second kappa shape index (κ2) is 6.89. The van der Waals surface area contributed by atoms with Crippen molar-refractivity contribution in [1.82, 2.24) is 20.0 Å². The lowest BCUT2D eigenvalue weighted by molar-refractivity contribution is -0.132. The fourth-order valence-electron chi connectivity index (χ4n) is 3.22. The topological polar surface area (TPSA) is 72.1 Å². The quantitative estimate of drug-likeness (QED) is 0.866. The predicted molar refractivity (Wildman–Crippen MR) is 84.9 cm³/mol. The summed E-state index contributed by atoms with van der Waals surface area (Å²) in [4.78, 5) is 23.0. The third-order valence-electron chi connectivity index (χ3n) is 4.55. The van der Waals surface area contributed by atoms with Crippen LogP contribution in [0.25, 0.3) is 0 Å². The molecule has 0 spiro atoms. The van der Waals surface area contributed by atoms with E-state index in [0.717, 1.165) is 48.6 Å². The van der Waals surface area contributed by atoms with Crippen LogP contribution in [0.5, 0.6) is 0 Å². The molecule has 1 aliphatic heterocycles. The van der Waals surface area contributed by atoms with Crippen LogP contribution in [0.1, 0.15) is 47.9 Å². The first kappa shape index (κ1) is 15.6. The summed E-state index contributed by atoms with van der Waals surface area (Å²) >= 11 is 0. The Morgan fingerprint density at radius 3 is 2.96 bits per heavy atom. The van der Waals surface area contributed by atoms with Gasteiger partial charge in [-0.15, -0.1) is 0 Å². The molecule has 6 nitrogen and oxygen atoms in total. The summed E-state index contributed by atoms with van der Waals surface area (Å²) in [5.41, 5.74) is 2.92. The van der Waals surface area contributed by atoms with E-state index in [1.54, 1.807) is 12.4 Å². The molecule has 2 aromatic rings. The van der Waals surface area contributed by atoms with Crippen molar-refractivity contribution in [3.05, 3.63) is 41.3 Å². The standard InChI is InChI=1S/C17H22N4O2/c1-12-15(13(2)23-20-12)5-6-17(22)21-9-3-4-14(11-21)16-10-18-7-8-19-16/h7-8,10,14H,3-6,9,11H2,1-2H3. The molecule has 1 atom stereocenters. The highest BCUT2D eigenvalue weighted by Crippen LogP contribution is 2.25. The first-order valence-electron chi connectivity index (χ1n) is 8.10. The molecule has 0 aromatic carbocycles. The smallest absolute Gasteiger partial charge is 0.222 e. The molecule has 0 saturated carbocycles. The zero-order valence-electron chi connectivity index (χ0n) is 13.7. The van der Waals surface area contributed by atoms with Crippen molar-refractivity contribution in [2.24, 2.45) is 0 Å². The van der Waals surface area contributed by atoms with Gasteiger partial charge in [-0.25, -0.2) is 0 Å². The van der Waals surface area contributed by atoms with Crippen LogP contribution < -0.4 is 0 Å². The highest BCUT2D eigenvalue weighted by atomic mass is 16.5. The number of hydrogen-bond acceptors (Lipinski definition) is 5. The largest absolute Gasteiger partial charge is 0.361 e. The molecule has 1 unspecified atom stereocenters. The van der Waals surface area contributed by atoms with Crippen molar-refractivity contribution < 1.29 is 9.32 Å². The summed E-state index contributed by atoms with van der Waals surface area (Å²) in [5, 5.41) is 3.94. The first-order valence-corrected chi connectivity index (χ1v) is 8.10. The molecule has 0 radical (unpaired) electrons. The molecule has 1 amide bonds. The van der Waals surface area contributed by atoms with Crippen molar-refractivity contribution in [1.29, 1.82) is 0 Å². The number of aromatic nitrogens is 3. The molecule has 1 saturated heterocycles. The fraction of sp³-hybridized carbons (Fsp3) is 0.529. The molecule has 1 aliphatic rings. The van der Waals surface area contributed by atoms with Gasteiger partial charge in [0.2, 0.25) is 5.91 Å². The van der Waals surface area contributed by atoms with Crippen molar-refractivity contribution in [3.8, 4) is 0 Å². The lowest BCUT2D eigenvalue weighted by Gasteiger charge is -2.32. The molecule has 23 heavy (non-hydrogen) atoms. The minimum Gasteiger partial charge on any atom is -0.361 e. The van der Waals surface area contributed by atoms with Crippen LogP contribution in [0.4, 0.5) is 0 Å². The van der Waals surface area contributed by atoms with Gasteiger partial charge >= 0.3 is 0 Å². The maximum Gasteiger partial charge on any atom is 0.222 e. The van der Waals surface area contributed by atoms with Crippen LogP contribution in [0.15, 0.2) is 23.1 Å². The predicted octanol–water partition coefficient (Wildman–Crippen LogP) is 2.42. The van der Waals surface area contributed by atoms with Gasteiger partial charge in [0.1, 0.15) is 5.76 Å². The number of likely N-dealkylation sites (tertiary alicyclic amines) is 1. The van der Waals surface area contributed by atoms with Gasteiger partial charge in [0, 0.05) is 49.6 Å². The van der Waals surface area contributed by atoms with Crippen LogP contribution in [-0.2, 0) is 11.2 Å². The van der Waals surface area contributed by atoms with Gasteiger partial charge in [-0.1, -0.05) is 5.16 Å². The maximum atomic E-state index is 12.5. The van der Waals surface area contributed by atoms with Gasteiger partial charge in [-0.2, -0.15) is 0 Å². The SMILES string of the molecule is Cc1noc(C)c1CCC(=O)N1CCCC(c2cnccn2)C1. The molecule has 1 fully saturated rings. The number of amides is 1. The lowest BCUT2D eigenvalue weighted by Crippen LogP contribution is -2.39. The van der Waals surface area contributed by atoms with E-state index in [4.69, 9.17) is 4.52 Å².